The number of fused-ring (bicyclic) bond motifs is 6. The van der Waals surface area contributed by atoms with Crippen LogP contribution in [0.1, 0.15) is 58.8 Å². The first-order valence-electron chi connectivity index (χ1n) is 12.2. The Morgan fingerprint density at radius 1 is 1.06 bits per heavy atom. The molecule has 186 valence electrons. The number of rotatable bonds is 3. The molecule has 1 N–H and O–H groups in total. The summed E-state index contributed by atoms with van der Waals surface area (Å²) >= 11 is 17.4. The topological polar surface area (TPSA) is 77.2 Å². The molecule has 0 aromatic carbocycles. The lowest BCUT2D eigenvalue weighted by molar-refractivity contribution is -0.157. The number of amides is 1. The molecule has 1 saturated heterocycles. The van der Waals surface area contributed by atoms with E-state index in [2.05, 4.69) is 19.2 Å². The van der Waals surface area contributed by atoms with E-state index in [4.69, 9.17) is 49.0 Å². The summed E-state index contributed by atoms with van der Waals surface area (Å²) in [5, 5.41) is 3.16. The summed E-state index contributed by atoms with van der Waals surface area (Å²) in [6, 6.07) is -0.118. The second-order valence-corrected chi connectivity index (χ2v) is 14.1. The molecule has 5 aliphatic rings. The molecule has 10 atom stereocenters. The van der Waals surface area contributed by atoms with Crippen molar-refractivity contribution in [1.29, 1.82) is 0 Å². The highest BCUT2D eigenvalue weighted by molar-refractivity contribution is 6.67. The highest BCUT2D eigenvalue weighted by Crippen LogP contribution is 2.68. The van der Waals surface area contributed by atoms with Gasteiger partial charge in [-0.15, -0.1) is 0 Å². The fourth-order valence-electron chi connectivity index (χ4n) is 8.72. The minimum atomic E-state index is -1.66. The van der Waals surface area contributed by atoms with Crippen LogP contribution in [0.4, 0.5) is 4.79 Å². The molecule has 0 aromatic rings. The molecular weight excluding hydrogens is 489 g/mol. The Labute approximate surface area is 210 Å². The van der Waals surface area contributed by atoms with Crippen LogP contribution in [0.2, 0.25) is 0 Å². The van der Waals surface area contributed by atoms with Gasteiger partial charge in [0.15, 0.2) is 0 Å². The quantitative estimate of drug-likeness (QED) is 0.310. The predicted octanol–water partition coefficient (Wildman–Crippen LogP) is 5.27. The maximum absolute atomic E-state index is 12.8. The number of carbonyl (C=O) groups excluding carboxylic acids is 2. The lowest BCUT2D eigenvalue weighted by atomic mass is 9.43. The second kappa shape index (κ2) is 8.31. The van der Waals surface area contributed by atoms with Gasteiger partial charge < -0.3 is 19.5 Å². The third-order valence-corrected chi connectivity index (χ3v) is 10.4. The van der Waals surface area contributed by atoms with Crippen LogP contribution in [0, 0.1) is 40.4 Å². The number of esters is 1. The van der Waals surface area contributed by atoms with Crippen molar-refractivity contribution in [3.63, 3.8) is 0 Å². The number of ether oxygens (including phenoxy) is 3. The van der Waals surface area contributed by atoms with E-state index in [0.29, 0.717) is 35.9 Å². The molecule has 1 aliphatic heterocycles. The zero-order chi connectivity index (χ0) is 23.8. The summed E-state index contributed by atoms with van der Waals surface area (Å²) in [5.41, 5.74) is -0.143. The molecule has 33 heavy (non-hydrogen) atoms. The molecule has 4 saturated carbocycles. The first kappa shape index (κ1) is 24.3. The molecule has 1 amide bonds. The first-order valence-corrected chi connectivity index (χ1v) is 13.3. The van der Waals surface area contributed by atoms with E-state index >= 15 is 0 Å². The Morgan fingerprint density at radius 2 is 1.82 bits per heavy atom. The fraction of sp³-hybridized carbons (Fsp3) is 0.917. The van der Waals surface area contributed by atoms with Crippen LogP contribution in [-0.2, 0) is 19.0 Å². The van der Waals surface area contributed by atoms with Gasteiger partial charge in [-0.05, 0) is 79.4 Å². The summed E-state index contributed by atoms with van der Waals surface area (Å²) in [6.45, 7) is 4.31. The maximum atomic E-state index is 12.8. The molecule has 4 aliphatic carbocycles. The molecule has 6 nitrogen and oxygen atoms in total. The summed E-state index contributed by atoms with van der Waals surface area (Å²) in [6.07, 6.45) is 7.25. The number of nitrogens with one attached hydrogen (secondary N) is 1. The van der Waals surface area contributed by atoms with Crippen LogP contribution in [0.15, 0.2) is 0 Å². The van der Waals surface area contributed by atoms with Crippen LogP contribution < -0.4 is 5.32 Å². The van der Waals surface area contributed by atoms with Crippen molar-refractivity contribution < 1.29 is 23.8 Å². The SMILES string of the molecule is COC(=O)[C@H]1CC[C@H]2[C@@H]3CC[C@H]4C[C@H]5O[C@H]5C[C@]4(C)[C@H]3[C@H](NC(=O)OCC(Cl)(Cl)Cl)C[C@]12C. The average molecular weight is 523 g/mol. The van der Waals surface area contributed by atoms with Crippen LogP contribution >= 0.6 is 34.8 Å². The van der Waals surface area contributed by atoms with Gasteiger partial charge in [-0.25, -0.2) is 4.79 Å². The summed E-state index contributed by atoms with van der Waals surface area (Å²) < 4.78 is 14.8. The van der Waals surface area contributed by atoms with Gasteiger partial charge in [0.2, 0.25) is 3.79 Å². The molecule has 0 bridgehead atoms. The van der Waals surface area contributed by atoms with Gasteiger partial charge in [0.1, 0.15) is 6.61 Å². The van der Waals surface area contributed by atoms with E-state index < -0.39 is 9.89 Å². The zero-order valence-electron chi connectivity index (χ0n) is 19.5. The molecule has 0 radical (unpaired) electrons. The van der Waals surface area contributed by atoms with Crippen molar-refractivity contribution in [2.75, 3.05) is 13.7 Å². The van der Waals surface area contributed by atoms with Gasteiger partial charge in [0.25, 0.3) is 0 Å². The largest absolute Gasteiger partial charge is 0.469 e. The first-order chi connectivity index (χ1) is 15.5. The normalized spacial score (nSPS) is 47.9. The Kier molecular flexibility index (Phi) is 6.12. The predicted molar refractivity (Wildman–Crippen MR) is 125 cm³/mol. The van der Waals surface area contributed by atoms with Gasteiger partial charge >= 0.3 is 12.1 Å². The fourth-order valence-corrected chi connectivity index (χ4v) is 8.88. The summed E-state index contributed by atoms with van der Waals surface area (Å²) in [5.74, 6) is 1.49. The minimum Gasteiger partial charge on any atom is -0.469 e. The van der Waals surface area contributed by atoms with Crippen LogP contribution in [0.3, 0.4) is 0 Å². The molecule has 0 unspecified atom stereocenters. The number of hydrogen-bond donors (Lipinski definition) is 1. The summed E-state index contributed by atoms with van der Waals surface area (Å²) in [7, 11) is 1.47. The van der Waals surface area contributed by atoms with Crippen molar-refractivity contribution in [3.8, 4) is 0 Å². The van der Waals surface area contributed by atoms with Gasteiger partial charge in [-0.3, -0.25) is 4.79 Å². The molecule has 9 heteroatoms. The zero-order valence-corrected chi connectivity index (χ0v) is 21.7. The van der Waals surface area contributed by atoms with Crippen molar-refractivity contribution >= 4 is 46.9 Å². The Bertz CT molecular complexity index is 820. The van der Waals surface area contributed by atoms with Crippen molar-refractivity contribution in [2.24, 2.45) is 40.4 Å². The van der Waals surface area contributed by atoms with Crippen molar-refractivity contribution in [1.82, 2.24) is 5.32 Å². The van der Waals surface area contributed by atoms with Gasteiger partial charge in [-0.2, -0.15) is 0 Å². The standard InChI is InChI=1S/C24H34Cl3NO5/c1-22-10-18-17(33-18)8-12(22)4-5-13-14-6-7-15(20(29)31-3)23(14,2)9-16(19(13)22)28-21(30)32-11-24(25,26)27/h12-19H,4-11H2,1-3H3,(H,28,30)/t12-,13-,14-,15+,16+,17+,18-,19+,22-,23-/m0/s1. The van der Waals surface area contributed by atoms with Gasteiger partial charge in [0, 0.05) is 6.04 Å². The van der Waals surface area contributed by atoms with Crippen molar-refractivity contribution in [3.05, 3.63) is 0 Å². The highest BCUT2D eigenvalue weighted by Gasteiger charge is 2.67. The number of epoxide rings is 1. The Hall–Kier alpha value is -0.430. The van der Waals surface area contributed by atoms with Crippen molar-refractivity contribution in [2.45, 2.75) is 80.8 Å². The molecule has 5 fully saturated rings. The number of methoxy groups -OCH3 is 1. The second-order valence-electron chi connectivity index (χ2n) is 11.5. The van der Waals surface area contributed by atoms with Crippen LogP contribution in [0.5, 0.6) is 0 Å². The number of alkyl carbamates (subject to hydrolysis) is 1. The van der Waals surface area contributed by atoms with Gasteiger partial charge in [0.05, 0.1) is 25.2 Å². The summed E-state index contributed by atoms with van der Waals surface area (Å²) in [4.78, 5) is 25.5. The molecule has 1 heterocycles. The maximum Gasteiger partial charge on any atom is 0.407 e. The molecule has 0 aromatic heterocycles. The molecular formula is C24H34Cl3NO5. The third kappa shape index (κ3) is 4.15. The Morgan fingerprint density at radius 3 is 2.52 bits per heavy atom. The van der Waals surface area contributed by atoms with E-state index in [9.17, 15) is 9.59 Å². The number of hydrogen-bond acceptors (Lipinski definition) is 5. The van der Waals surface area contributed by atoms with Crippen LogP contribution in [0.25, 0.3) is 0 Å². The lowest BCUT2D eigenvalue weighted by Gasteiger charge is -2.62. The van der Waals surface area contributed by atoms with E-state index in [1.165, 1.54) is 13.5 Å². The number of carbonyl (C=O) groups is 2. The number of halogens is 3. The third-order valence-electron chi connectivity index (χ3n) is 10.0. The van der Waals surface area contributed by atoms with E-state index in [0.717, 1.165) is 38.5 Å². The van der Waals surface area contributed by atoms with E-state index in [1.807, 2.05) is 0 Å². The molecule has 0 spiro atoms. The smallest absolute Gasteiger partial charge is 0.407 e. The lowest BCUT2D eigenvalue weighted by Crippen LogP contribution is -2.63. The highest BCUT2D eigenvalue weighted by atomic mass is 35.6. The van der Waals surface area contributed by atoms with Gasteiger partial charge in [-0.1, -0.05) is 48.7 Å². The van der Waals surface area contributed by atoms with Crippen LogP contribution in [-0.4, -0.2) is 47.8 Å². The molecule has 5 rings (SSSR count). The van der Waals surface area contributed by atoms with E-state index in [-0.39, 0.29) is 35.4 Å². The number of alkyl halides is 3. The average Bonchev–Trinajstić information content (AvgIpc) is 3.38. The monoisotopic (exact) mass is 521 g/mol. The minimum absolute atomic E-state index is 0.0818. The van der Waals surface area contributed by atoms with E-state index in [1.54, 1.807) is 0 Å². The Balaban J connectivity index is 1.45.